The van der Waals surface area contributed by atoms with Crippen LogP contribution < -0.4 is 20.7 Å². The number of para-hydroxylation sites is 1. The number of nitrogens with one attached hydrogen (secondary N) is 3. The van der Waals surface area contributed by atoms with Crippen molar-refractivity contribution < 1.29 is 19.1 Å². The van der Waals surface area contributed by atoms with Crippen LogP contribution in [0.5, 0.6) is 5.75 Å². The van der Waals surface area contributed by atoms with Crippen LogP contribution in [0.15, 0.2) is 48.5 Å². The molecule has 0 fully saturated rings. The molecule has 0 aromatic heterocycles. The van der Waals surface area contributed by atoms with Crippen LogP contribution in [0.1, 0.15) is 22.3 Å². The molecule has 7 nitrogen and oxygen atoms in total. The predicted molar refractivity (Wildman–Crippen MR) is 116 cm³/mol. The maximum Gasteiger partial charge on any atom is 0.253 e. The van der Waals surface area contributed by atoms with Crippen molar-refractivity contribution in [2.24, 2.45) is 0 Å². The fraction of sp³-hybridized carbons (Fsp3) is 0.286. The van der Waals surface area contributed by atoms with Gasteiger partial charge in [-0.1, -0.05) is 24.3 Å². The number of ether oxygens (including phenoxy) is 2. The molecule has 0 spiro atoms. The summed E-state index contributed by atoms with van der Waals surface area (Å²) in [6.45, 7) is 1.08. The minimum atomic E-state index is -0.255. The van der Waals surface area contributed by atoms with Crippen LogP contribution in [0.25, 0.3) is 0 Å². The summed E-state index contributed by atoms with van der Waals surface area (Å²) in [6.07, 6.45) is 0.894. The van der Waals surface area contributed by atoms with Gasteiger partial charge in [0, 0.05) is 20.3 Å². The molecular formula is C21H25N3O4S. The molecule has 0 saturated heterocycles. The van der Waals surface area contributed by atoms with Gasteiger partial charge in [0.25, 0.3) is 5.91 Å². The third kappa shape index (κ3) is 7.52. The minimum absolute atomic E-state index is 0.128. The fourth-order valence-electron chi connectivity index (χ4n) is 2.56. The summed E-state index contributed by atoms with van der Waals surface area (Å²) in [5.74, 6) is 0.245. The fourth-order valence-corrected chi connectivity index (χ4v) is 2.78. The molecule has 0 aliphatic rings. The molecule has 0 atom stereocenters. The van der Waals surface area contributed by atoms with Crippen molar-refractivity contribution in [2.75, 3.05) is 32.7 Å². The number of methoxy groups -OCH3 is 2. The number of rotatable bonds is 9. The summed E-state index contributed by atoms with van der Waals surface area (Å²) in [5.41, 5.74) is 1.80. The Kier molecular flexibility index (Phi) is 9.07. The number of anilines is 1. The zero-order chi connectivity index (χ0) is 21.1. The zero-order valence-corrected chi connectivity index (χ0v) is 17.3. The second-order valence-corrected chi connectivity index (χ2v) is 6.58. The average Bonchev–Trinajstić information content (AvgIpc) is 2.72. The molecule has 3 N–H and O–H groups in total. The molecule has 0 aliphatic heterocycles. The molecule has 8 heteroatoms. The highest BCUT2D eigenvalue weighted by atomic mass is 32.1. The van der Waals surface area contributed by atoms with E-state index in [2.05, 4.69) is 16.0 Å². The Hall–Kier alpha value is -2.97. The van der Waals surface area contributed by atoms with E-state index in [1.807, 2.05) is 12.1 Å². The van der Waals surface area contributed by atoms with Crippen LogP contribution in [-0.2, 0) is 16.0 Å². The molecule has 2 amide bonds. The van der Waals surface area contributed by atoms with E-state index in [1.165, 1.54) is 0 Å². The molecule has 29 heavy (non-hydrogen) atoms. The lowest BCUT2D eigenvalue weighted by atomic mass is 10.1. The van der Waals surface area contributed by atoms with Crippen molar-refractivity contribution in [2.45, 2.75) is 12.8 Å². The van der Waals surface area contributed by atoms with E-state index in [4.69, 9.17) is 21.7 Å². The lowest BCUT2D eigenvalue weighted by Crippen LogP contribution is -2.36. The normalized spacial score (nSPS) is 10.1. The van der Waals surface area contributed by atoms with E-state index in [9.17, 15) is 9.59 Å². The molecule has 0 saturated carbocycles. The molecule has 0 radical (unpaired) electrons. The highest BCUT2D eigenvalue weighted by Gasteiger charge is 2.13. The Balaban J connectivity index is 1.90. The predicted octanol–water partition coefficient (Wildman–Crippen LogP) is 2.52. The van der Waals surface area contributed by atoms with E-state index < -0.39 is 0 Å². The topological polar surface area (TPSA) is 88.7 Å². The van der Waals surface area contributed by atoms with E-state index in [0.717, 1.165) is 17.7 Å². The van der Waals surface area contributed by atoms with Crippen molar-refractivity contribution in [1.29, 1.82) is 0 Å². The average molecular weight is 416 g/mol. The number of amides is 2. The van der Waals surface area contributed by atoms with Gasteiger partial charge in [-0.05, 0) is 48.5 Å². The first-order valence-electron chi connectivity index (χ1n) is 9.13. The molecule has 154 valence electrons. The van der Waals surface area contributed by atoms with Gasteiger partial charge in [0.1, 0.15) is 5.75 Å². The van der Waals surface area contributed by atoms with E-state index in [0.29, 0.717) is 24.4 Å². The molecule has 0 aliphatic carbocycles. The van der Waals surface area contributed by atoms with Crippen LogP contribution in [0.2, 0.25) is 0 Å². The maximum atomic E-state index is 12.4. The van der Waals surface area contributed by atoms with Gasteiger partial charge in [0.05, 0.1) is 24.8 Å². The summed E-state index contributed by atoms with van der Waals surface area (Å²) in [7, 11) is 3.20. The van der Waals surface area contributed by atoms with Crippen LogP contribution in [0.3, 0.4) is 0 Å². The van der Waals surface area contributed by atoms with Crippen molar-refractivity contribution in [3.63, 3.8) is 0 Å². The number of benzene rings is 2. The number of thiocarbonyl (C=S) groups is 1. The second kappa shape index (κ2) is 11.8. The van der Waals surface area contributed by atoms with Gasteiger partial charge >= 0.3 is 0 Å². The van der Waals surface area contributed by atoms with Gasteiger partial charge in [-0.15, -0.1) is 0 Å². The summed E-state index contributed by atoms with van der Waals surface area (Å²) in [4.78, 5) is 24.6. The quantitative estimate of drug-likeness (QED) is 0.431. The van der Waals surface area contributed by atoms with Gasteiger partial charge in [-0.25, -0.2) is 0 Å². The molecular weight excluding hydrogens is 390 g/mol. The first kappa shape index (κ1) is 22.3. The monoisotopic (exact) mass is 415 g/mol. The largest absolute Gasteiger partial charge is 0.497 e. The lowest BCUT2D eigenvalue weighted by molar-refractivity contribution is -0.119. The third-order valence-corrected chi connectivity index (χ3v) is 4.21. The highest BCUT2D eigenvalue weighted by molar-refractivity contribution is 7.80. The van der Waals surface area contributed by atoms with Crippen molar-refractivity contribution in [3.05, 3.63) is 59.7 Å². The van der Waals surface area contributed by atoms with E-state index in [-0.39, 0.29) is 23.3 Å². The molecule has 0 unspecified atom stereocenters. The van der Waals surface area contributed by atoms with Crippen LogP contribution in [-0.4, -0.2) is 44.3 Å². The van der Waals surface area contributed by atoms with Gasteiger partial charge < -0.3 is 25.4 Å². The summed E-state index contributed by atoms with van der Waals surface area (Å²) in [5, 5.41) is 8.51. The number of hydrogen-bond acceptors (Lipinski definition) is 5. The Bertz CT molecular complexity index is 840. The molecule has 2 rings (SSSR count). The summed E-state index contributed by atoms with van der Waals surface area (Å²) >= 11 is 5.22. The van der Waals surface area contributed by atoms with Crippen molar-refractivity contribution >= 4 is 34.8 Å². The van der Waals surface area contributed by atoms with Gasteiger partial charge in [0.2, 0.25) is 5.91 Å². The van der Waals surface area contributed by atoms with Gasteiger partial charge in [0.15, 0.2) is 5.11 Å². The van der Waals surface area contributed by atoms with E-state index >= 15 is 0 Å². The van der Waals surface area contributed by atoms with Crippen LogP contribution in [0, 0.1) is 0 Å². The third-order valence-electron chi connectivity index (χ3n) is 4.01. The Morgan fingerprint density at radius 3 is 2.45 bits per heavy atom. The van der Waals surface area contributed by atoms with Crippen LogP contribution in [0.4, 0.5) is 5.69 Å². The minimum Gasteiger partial charge on any atom is -0.497 e. The molecule has 2 aromatic carbocycles. The first-order valence-corrected chi connectivity index (χ1v) is 9.54. The molecule has 0 bridgehead atoms. The zero-order valence-electron chi connectivity index (χ0n) is 16.5. The highest BCUT2D eigenvalue weighted by Crippen LogP contribution is 2.15. The lowest BCUT2D eigenvalue weighted by Gasteiger charge is -2.13. The van der Waals surface area contributed by atoms with Gasteiger partial charge in [-0.2, -0.15) is 0 Å². The molecule has 0 heterocycles. The smallest absolute Gasteiger partial charge is 0.253 e. The van der Waals surface area contributed by atoms with Gasteiger partial charge in [-0.3, -0.25) is 9.59 Å². The maximum absolute atomic E-state index is 12.4. The number of carbonyl (C=O) groups is 2. The summed E-state index contributed by atoms with van der Waals surface area (Å²) < 4.78 is 10.1. The first-order chi connectivity index (χ1) is 14.0. The Labute approximate surface area is 175 Å². The number of carbonyl (C=O) groups excluding carboxylic acids is 2. The van der Waals surface area contributed by atoms with E-state index in [1.54, 1.807) is 50.6 Å². The van der Waals surface area contributed by atoms with Crippen molar-refractivity contribution in [3.8, 4) is 5.75 Å². The SMILES string of the molecule is COCCCNC(=O)c1ccccc1NC(=S)NC(=O)Cc1ccc(OC)cc1. The van der Waals surface area contributed by atoms with Crippen LogP contribution >= 0.6 is 12.2 Å². The Morgan fingerprint density at radius 2 is 1.76 bits per heavy atom. The summed E-state index contributed by atoms with van der Waals surface area (Å²) in [6, 6.07) is 14.2. The van der Waals surface area contributed by atoms with Crippen molar-refractivity contribution in [1.82, 2.24) is 10.6 Å². The Morgan fingerprint density at radius 1 is 1.03 bits per heavy atom. The second-order valence-electron chi connectivity index (χ2n) is 6.17. The number of hydrogen-bond donors (Lipinski definition) is 3. The molecule has 2 aromatic rings. The standard InChI is InChI=1S/C21H25N3O4S/c1-27-13-5-12-22-20(26)17-6-3-4-7-18(17)23-21(29)24-19(25)14-15-8-10-16(28-2)11-9-15/h3-4,6-11H,5,12-14H2,1-2H3,(H,22,26)(H2,23,24,25,29).